The van der Waals surface area contributed by atoms with E-state index < -0.39 is 54.8 Å². The third kappa shape index (κ3) is 16.0. The molecule has 0 spiro atoms. The molecule has 9 atom stereocenters. The number of hydrogen-bond acceptors (Lipinski definition) is 15. The maximum absolute atomic E-state index is 9.33. The van der Waals surface area contributed by atoms with Crippen LogP contribution in [0.3, 0.4) is 0 Å². The lowest BCUT2D eigenvalue weighted by Crippen LogP contribution is -2.65. The molecular weight excluding hydrogens is 720 g/mol. The fourth-order valence-corrected chi connectivity index (χ4v) is 5.63. The van der Waals surface area contributed by atoms with Crippen molar-refractivity contribution in [2.24, 2.45) is 0 Å². The molecule has 0 unspecified atom stereocenters. The first-order chi connectivity index (χ1) is 27.0. The van der Waals surface area contributed by atoms with E-state index in [0.29, 0.717) is 0 Å². The molecule has 0 aliphatic carbocycles. The van der Waals surface area contributed by atoms with Gasteiger partial charge in [-0.3, -0.25) is 0 Å². The van der Waals surface area contributed by atoms with Crippen LogP contribution in [0.25, 0.3) is 19.4 Å². The molecule has 0 N–H and O–H groups in total. The Kier molecular flexibility index (Phi) is 24.5. The standard InChI is InChI=1S/C36H46N8O11/c1-41-13-21-47-27-36(34(52-24-16-44-4)31(50-22-14-42-2)29(54-36)26-46-18-6-10-38)55-35-33(51-23-15-43-3)32(49-20-8-12-40)30(48-19-7-11-39)28(53-35)25-45-17-5-9-37/h28-35H,5-8,13-27H2/t28-,29-,30-,31-,32+,33-,34+,35-,36+/m1/s1. The average Bonchev–Trinajstić information content (AvgIpc) is 3.46. The minimum atomic E-state index is -1.92. The normalized spacial score (nSPS) is 26.9. The van der Waals surface area contributed by atoms with Crippen LogP contribution in [0.1, 0.15) is 25.7 Å². The Bertz CT molecular complexity index is 1450. The van der Waals surface area contributed by atoms with Crippen LogP contribution in [0.5, 0.6) is 0 Å². The van der Waals surface area contributed by atoms with Crippen molar-refractivity contribution in [3.63, 3.8) is 0 Å². The summed E-state index contributed by atoms with van der Waals surface area (Å²) in [5.74, 6) is -1.92. The van der Waals surface area contributed by atoms with Crippen LogP contribution >= 0.6 is 0 Å². The summed E-state index contributed by atoms with van der Waals surface area (Å²) < 4.78 is 68.5. The Labute approximate surface area is 322 Å². The number of rotatable bonds is 29. The Hall–Kier alpha value is -4.52. The second-order valence-corrected chi connectivity index (χ2v) is 11.6. The quantitative estimate of drug-likeness (QED) is 0.0788. The van der Waals surface area contributed by atoms with E-state index in [1.807, 2.05) is 24.3 Å². The van der Waals surface area contributed by atoms with Crippen molar-refractivity contribution in [2.75, 3.05) is 98.9 Å². The highest BCUT2D eigenvalue weighted by atomic mass is 16.8. The van der Waals surface area contributed by atoms with E-state index in [9.17, 15) is 10.5 Å². The summed E-state index contributed by atoms with van der Waals surface area (Å²) in [4.78, 5) is 13.5. The first-order valence-electron chi connectivity index (χ1n) is 17.6. The van der Waals surface area contributed by atoms with Crippen LogP contribution in [0.2, 0.25) is 0 Å². The second-order valence-electron chi connectivity index (χ2n) is 11.6. The summed E-state index contributed by atoms with van der Waals surface area (Å²) in [5.41, 5.74) is 0. The summed E-state index contributed by atoms with van der Waals surface area (Å²) in [5, 5.41) is 36.7. The zero-order valence-corrected chi connectivity index (χ0v) is 30.6. The van der Waals surface area contributed by atoms with Gasteiger partial charge in [-0.15, -0.1) is 0 Å². The van der Waals surface area contributed by atoms with Gasteiger partial charge >= 0.3 is 0 Å². The van der Waals surface area contributed by atoms with Crippen molar-refractivity contribution in [1.82, 2.24) is 0 Å². The highest BCUT2D eigenvalue weighted by Crippen LogP contribution is 2.41. The molecule has 0 amide bonds. The first kappa shape index (κ1) is 46.6. The van der Waals surface area contributed by atoms with Gasteiger partial charge in [-0.05, 0) is 0 Å². The molecule has 2 aliphatic heterocycles. The number of hydrogen-bond donors (Lipinski definition) is 0. The van der Waals surface area contributed by atoms with Gasteiger partial charge in [0.25, 0.3) is 0 Å². The zero-order chi connectivity index (χ0) is 40.0. The van der Waals surface area contributed by atoms with Crippen LogP contribution in [0.4, 0.5) is 0 Å². The second kappa shape index (κ2) is 28.9. The van der Waals surface area contributed by atoms with Crippen LogP contribution < -0.4 is 0 Å². The molecule has 2 aliphatic rings. The molecule has 0 bridgehead atoms. The molecule has 0 aromatic carbocycles. The van der Waals surface area contributed by atoms with E-state index in [4.69, 9.17) is 88.9 Å². The van der Waals surface area contributed by atoms with E-state index in [1.165, 1.54) is 0 Å². The topological polar surface area (TPSA) is 214 Å². The van der Waals surface area contributed by atoms with Gasteiger partial charge in [0.05, 0.1) is 89.6 Å². The van der Waals surface area contributed by atoms with Crippen molar-refractivity contribution < 1.29 is 52.1 Å². The summed E-state index contributed by atoms with van der Waals surface area (Å²) in [6.45, 7) is 28.4. The number of nitrogens with zero attached hydrogens (tertiary/aromatic N) is 8. The summed E-state index contributed by atoms with van der Waals surface area (Å²) in [7, 11) is 0. The third-order valence-electron chi connectivity index (χ3n) is 7.86. The fourth-order valence-electron chi connectivity index (χ4n) is 5.63. The maximum atomic E-state index is 9.33. The highest BCUT2D eigenvalue weighted by molar-refractivity contribution is 5.02. The lowest BCUT2D eigenvalue weighted by atomic mass is 9.97. The predicted octanol–water partition coefficient (Wildman–Crippen LogP) is 2.13. The Morgan fingerprint density at radius 3 is 1.55 bits per heavy atom. The van der Waals surface area contributed by atoms with Crippen molar-refractivity contribution in [1.29, 1.82) is 21.0 Å². The molecule has 2 fully saturated rings. The van der Waals surface area contributed by atoms with Gasteiger partial charge in [-0.1, -0.05) is 0 Å². The monoisotopic (exact) mass is 766 g/mol. The van der Waals surface area contributed by atoms with Gasteiger partial charge in [0.1, 0.15) is 75.8 Å². The molecule has 2 saturated heterocycles. The number of ether oxygens (including phenoxy) is 11. The Morgan fingerprint density at radius 2 is 0.982 bits per heavy atom. The number of nitriles is 4. The van der Waals surface area contributed by atoms with Gasteiger partial charge in [0.2, 0.25) is 32.0 Å². The van der Waals surface area contributed by atoms with Crippen molar-refractivity contribution in [3.8, 4) is 24.3 Å². The summed E-state index contributed by atoms with van der Waals surface area (Å²) in [6, 6.07) is 8.08. The van der Waals surface area contributed by atoms with Crippen LogP contribution in [0, 0.1) is 71.6 Å². The molecule has 0 radical (unpaired) electrons. The predicted molar refractivity (Wildman–Crippen MR) is 185 cm³/mol. The average molecular weight is 767 g/mol. The molecule has 55 heavy (non-hydrogen) atoms. The molecule has 2 rings (SSSR count). The molecule has 19 heteroatoms. The minimum Gasteiger partial charge on any atom is -0.378 e. The van der Waals surface area contributed by atoms with Gasteiger partial charge in [0.15, 0.2) is 6.29 Å². The molecule has 0 aromatic rings. The van der Waals surface area contributed by atoms with Gasteiger partial charge < -0.3 is 71.5 Å². The molecule has 2 heterocycles. The van der Waals surface area contributed by atoms with E-state index in [0.717, 1.165) is 0 Å². The van der Waals surface area contributed by atoms with Gasteiger partial charge in [-0.2, -0.15) is 21.0 Å². The highest BCUT2D eigenvalue weighted by Gasteiger charge is 2.62. The van der Waals surface area contributed by atoms with Crippen LogP contribution in [-0.2, 0) is 52.1 Å². The lowest BCUT2D eigenvalue weighted by molar-refractivity contribution is -0.395. The Morgan fingerprint density at radius 1 is 0.509 bits per heavy atom. The van der Waals surface area contributed by atoms with E-state index in [1.54, 1.807) is 0 Å². The third-order valence-corrected chi connectivity index (χ3v) is 7.86. The maximum Gasteiger partial charge on any atom is 0.237 e. The molecular formula is C36H46N8O11. The van der Waals surface area contributed by atoms with Gasteiger partial charge in [-0.25, -0.2) is 26.3 Å². The largest absolute Gasteiger partial charge is 0.378 e. The zero-order valence-electron chi connectivity index (χ0n) is 30.6. The van der Waals surface area contributed by atoms with E-state index in [-0.39, 0.29) is 125 Å². The Balaban J connectivity index is 2.74. The van der Waals surface area contributed by atoms with E-state index in [2.05, 4.69) is 19.4 Å². The van der Waals surface area contributed by atoms with Crippen molar-refractivity contribution in [3.05, 3.63) is 45.7 Å². The van der Waals surface area contributed by atoms with Gasteiger partial charge in [0, 0.05) is 0 Å². The molecule has 296 valence electrons. The smallest absolute Gasteiger partial charge is 0.237 e. The van der Waals surface area contributed by atoms with E-state index >= 15 is 0 Å². The SMILES string of the molecule is [C-]#[N+]CCOC[C@@]1(O[C@H]2O[C@H](COCCC#N)[C@@H](OCCC#N)[C@H](OCCC#N)[C@H]2OCC[N+]#[C-])O[C@H](COCCC#N)[C@@H](OCC[N+]#[C-])[C@@H]1OCC[N+]#[C-]. The molecule has 0 saturated carbocycles. The molecule has 19 nitrogen and oxygen atoms in total. The van der Waals surface area contributed by atoms with Crippen molar-refractivity contribution in [2.45, 2.75) is 80.5 Å². The first-order valence-corrected chi connectivity index (χ1v) is 17.6. The fraction of sp³-hybridized carbons (Fsp3) is 0.778. The van der Waals surface area contributed by atoms with Crippen LogP contribution in [0.15, 0.2) is 0 Å². The summed E-state index contributed by atoms with van der Waals surface area (Å²) >= 11 is 0. The molecule has 0 aromatic heterocycles. The van der Waals surface area contributed by atoms with Crippen LogP contribution in [-0.4, -0.2) is 154 Å². The van der Waals surface area contributed by atoms with Crippen molar-refractivity contribution >= 4 is 0 Å². The summed E-state index contributed by atoms with van der Waals surface area (Å²) in [6.07, 6.45) is -8.34. The minimum absolute atomic E-state index is 0.00191. The lowest BCUT2D eigenvalue weighted by Gasteiger charge is -2.48.